The highest BCUT2D eigenvalue weighted by atomic mass is 16.7. The molecule has 6 atom stereocenters. The van der Waals surface area contributed by atoms with Crippen LogP contribution in [-0.2, 0) is 28.5 Å². The minimum absolute atomic E-state index is 0.221. The van der Waals surface area contributed by atoms with E-state index < -0.39 is 49.4 Å². The predicted molar refractivity (Wildman–Crippen MR) is 275 cm³/mol. The van der Waals surface area contributed by atoms with Crippen LogP contribution in [-0.4, -0.2) is 89.0 Å². The number of aliphatic hydroxyl groups is 4. The third kappa shape index (κ3) is 37.9. The maximum atomic E-state index is 12.9. The van der Waals surface area contributed by atoms with Gasteiger partial charge < -0.3 is 39.4 Å². The van der Waals surface area contributed by atoms with Gasteiger partial charge in [0.1, 0.15) is 31.0 Å². The number of ether oxygens (including phenoxy) is 4. The van der Waals surface area contributed by atoms with Crippen molar-refractivity contribution in [2.75, 3.05) is 19.8 Å². The van der Waals surface area contributed by atoms with E-state index in [1.165, 1.54) is 122 Å². The van der Waals surface area contributed by atoms with Crippen LogP contribution in [0.3, 0.4) is 0 Å². The number of unbranched alkanes of at least 4 members (excludes halogenated alkanes) is 25. The molecule has 0 amide bonds. The van der Waals surface area contributed by atoms with Gasteiger partial charge in [-0.2, -0.15) is 0 Å². The van der Waals surface area contributed by atoms with E-state index in [-0.39, 0.29) is 32.0 Å². The first-order valence-corrected chi connectivity index (χ1v) is 27.4. The van der Waals surface area contributed by atoms with Crippen LogP contribution < -0.4 is 0 Å². The normalized spacial score (nSPS) is 19.5. The second kappa shape index (κ2) is 47.1. The van der Waals surface area contributed by atoms with E-state index in [1.54, 1.807) is 0 Å². The zero-order valence-corrected chi connectivity index (χ0v) is 42.6. The van der Waals surface area contributed by atoms with Crippen molar-refractivity contribution in [3.05, 3.63) is 60.8 Å². The van der Waals surface area contributed by atoms with E-state index in [2.05, 4.69) is 74.6 Å². The SMILES string of the molecule is CC/C=C\C/C=C\C/C=C\C/C=C\CCCCCCCCCCCCC(=O)OC(COC(=O)CCCCCCCCCCC/C=C\CCCCCCCC)COC1OC(CO)C(O)C(O)C1O. The van der Waals surface area contributed by atoms with E-state index in [0.717, 1.165) is 77.0 Å². The van der Waals surface area contributed by atoms with Gasteiger partial charge >= 0.3 is 11.9 Å². The second-order valence-electron chi connectivity index (χ2n) is 18.6. The molecule has 0 radical (unpaired) electrons. The van der Waals surface area contributed by atoms with Crippen molar-refractivity contribution < 1.29 is 49.0 Å². The number of hydrogen-bond acceptors (Lipinski definition) is 10. The average molecular weight is 945 g/mol. The van der Waals surface area contributed by atoms with Crippen molar-refractivity contribution in [2.24, 2.45) is 0 Å². The molecule has 0 aromatic carbocycles. The number of carbonyl (C=O) groups excluding carboxylic acids is 2. The van der Waals surface area contributed by atoms with Crippen LogP contribution in [0.1, 0.15) is 232 Å². The summed E-state index contributed by atoms with van der Waals surface area (Å²) >= 11 is 0. The maximum Gasteiger partial charge on any atom is 0.306 e. The van der Waals surface area contributed by atoms with E-state index in [4.69, 9.17) is 18.9 Å². The lowest BCUT2D eigenvalue weighted by Crippen LogP contribution is -2.59. The smallest absolute Gasteiger partial charge is 0.306 e. The molecule has 1 saturated heterocycles. The Bertz CT molecular complexity index is 1280. The molecule has 1 aliphatic rings. The van der Waals surface area contributed by atoms with Gasteiger partial charge in [0.05, 0.1) is 13.2 Å². The van der Waals surface area contributed by atoms with Crippen molar-refractivity contribution >= 4 is 11.9 Å². The van der Waals surface area contributed by atoms with Gasteiger partial charge in [0.2, 0.25) is 0 Å². The Balaban J connectivity index is 2.23. The standard InChI is InChI=1S/C57H100O10/c1-3-5-7-9-11-13-15-17-19-21-23-24-25-26-28-30-32-34-36-38-40-42-44-46-53(60)66-50(49-65-57-56(63)55(62)54(61)51(47-58)67-57)48-64-52(59)45-43-41-39-37-35-33-31-29-27-22-20-18-16-14-12-10-8-6-4-2/h5,7,11,13,17-20,23-24,50-51,54-58,61-63H,3-4,6,8-10,12,14-16,21-22,25-49H2,1-2H3/b7-5-,13-11-,19-17-,20-18-,24-23-. The quantitative estimate of drug-likeness (QED) is 0.0264. The van der Waals surface area contributed by atoms with Gasteiger partial charge in [-0.3, -0.25) is 9.59 Å². The first-order chi connectivity index (χ1) is 32.8. The molecular weight excluding hydrogens is 845 g/mol. The lowest BCUT2D eigenvalue weighted by molar-refractivity contribution is -0.305. The minimum Gasteiger partial charge on any atom is -0.462 e. The molecule has 1 aliphatic heterocycles. The minimum atomic E-state index is -1.60. The molecule has 10 heteroatoms. The van der Waals surface area contributed by atoms with E-state index in [1.807, 2.05) is 0 Å². The number of allylic oxidation sites excluding steroid dienone is 10. The highest BCUT2D eigenvalue weighted by molar-refractivity contribution is 5.70. The predicted octanol–water partition coefficient (Wildman–Crippen LogP) is 13.3. The fourth-order valence-electron chi connectivity index (χ4n) is 8.12. The molecule has 10 nitrogen and oxygen atoms in total. The zero-order chi connectivity index (χ0) is 48.7. The summed E-state index contributed by atoms with van der Waals surface area (Å²) < 4.78 is 22.3. The monoisotopic (exact) mass is 945 g/mol. The Morgan fingerprint density at radius 1 is 0.478 bits per heavy atom. The van der Waals surface area contributed by atoms with Crippen LogP contribution in [0.4, 0.5) is 0 Å². The van der Waals surface area contributed by atoms with Gasteiger partial charge in [0.15, 0.2) is 12.4 Å². The summed E-state index contributed by atoms with van der Waals surface area (Å²) in [5.74, 6) is -0.809. The number of carbonyl (C=O) groups is 2. The number of esters is 2. The fraction of sp³-hybridized carbons (Fsp3) is 0.789. The molecule has 1 rings (SSSR count). The largest absolute Gasteiger partial charge is 0.462 e. The summed E-state index contributed by atoms with van der Waals surface area (Å²) in [6, 6.07) is 0. The fourth-order valence-corrected chi connectivity index (χ4v) is 8.12. The van der Waals surface area contributed by atoms with Crippen LogP contribution in [0.2, 0.25) is 0 Å². The molecule has 6 unspecified atom stereocenters. The molecule has 0 aromatic rings. The molecule has 1 fully saturated rings. The molecule has 0 aromatic heterocycles. The topological polar surface area (TPSA) is 152 Å². The van der Waals surface area contributed by atoms with Crippen LogP contribution >= 0.6 is 0 Å². The molecule has 0 saturated carbocycles. The zero-order valence-electron chi connectivity index (χ0n) is 42.6. The van der Waals surface area contributed by atoms with Crippen LogP contribution in [0.15, 0.2) is 60.8 Å². The average Bonchev–Trinajstić information content (AvgIpc) is 3.33. The van der Waals surface area contributed by atoms with E-state index >= 15 is 0 Å². The van der Waals surface area contributed by atoms with Crippen LogP contribution in [0, 0.1) is 0 Å². The maximum absolute atomic E-state index is 12.9. The molecule has 67 heavy (non-hydrogen) atoms. The molecule has 0 bridgehead atoms. The Labute approximate surface area is 409 Å². The Kier molecular flexibility index (Phi) is 43.9. The molecular formula is C57H100O10. The Morgan fingerprint density at radius 2 is 0.881 bits per heavy atom. The van der Waals surface area contributed by atoms with Gasteiger partial charge in [-0.25, -0.2) is 0 Å². The molecule has 0 spiro atoms. The Morgan fingerprint density at radius 3 is 1.34 bits per heavy atom. The van der Waals surface area contributed by atoms with Gasteiger partial charge in [0, 0.05) is 12.8 Å². The van der Waals surface area contributed by atoms with Crippen LogP contribution in [0.5, 0.6) is 0 Å². The summed E-state index contributed by atoms with van der Waals surface area (Å²) in [6.07, 6.45) is 52.2. The molecule has 1 heterocycles. The summed E-state index contributed by atoms with van der Waals surface area (Å²) in [5.41, 5.74) is 0. The van der Waals surface area contributed by atoms with Gasteiger partial charge in [-0.15, -0.1) is 0 Å². The second-order valence-corrected chi connectivity index (χ2v) is 18.6. The van der Waals surface area contributed by atoms with Crippen LogP contribution in [0.25, 0.3) is 0 Å². The highest BCUT2D eigenvalue weighted by Crippen LogP contribution is 2.23. The van der Waals surface area contributed by atoms with Crippen molar-refractivity contribution in [1.29, 1.82) is 0 Å². The van der Waals surface area contributed by atoms with Crippen molar-refractivity contribution in [3.63, 3.8) is 0 Å². The number of aliphatic hydroxyl groups excluding tert-OH is 4. The highest BCUT2D eigenvalue weighted by Gasteiger charge is 2.44. The van der Waals surface area contributed by atoms with Crippen molar-refractivity contribution in [3.8, 4) is 0 Å². The van der Waals surface area contributed by atoms with Gasteiger partial charge in [0.25, 0.3) is 0 Å². The first kappa shape index (κ1) is 62.4. The third-order valence-corrected chi connectivity index (χ3v) is 12.4. The van der Waals surface area contributed by atoms with Crippen molar-refractivity contribution in [1.82, 2.24) is 0 Å². The first-order valence-electron chi connectivity index (χ1n) is 27.4. The summed E-state index contributed by atoms with van der Waals surface area (Å²) in [7, 11) is 0. The lowest BCUT2D eigenvalue weighted by Gasteiger charge is -2.39. The molecule has 0 aliphatic carbocycles. The van der Waals surface area contributed by atoms with E-state index in [9.17, 15) is 30.0 Å². The van der Waals surface area contributed by atoms with Gasteiger partial charge in [-0.1, -0.05) is 203 Å². The molecule has 4 N–H and O–H groups in total. The van der Waals surface area contributed by atoms with Crippen molar-refractivity contribution in [2.45, 2.75) is 269 Å². The summed E-state index contributed by atoms with van der Waals surface area (Å²) in [5, 5.41) is 40.3. The number of rotatable bonds is 46. The van der Waals surface area contributed by atoms with E-state index in [0.29, 0.717) is 6.42 Å². The molecule has 388 valence electrons. The lowest BCUT2D eigenvalue weighted by atomic mass is 9.99. The van der Waals surface area contributed by atoms with Gasteiger partial charge in [-0.05, 0) is 77.0 Å². The summed E-state index contributed by atoms with van der Waals surface area (Å²) in [6.45, 7) is 3.33. The summed E-state index contributed by atoms with van der Waals surface area (Å²) in [4.78, 5) is 25.5. The third-order valence-electron chi connectivity index (χ3n) is 12.4. The Hall–Kier alpha value is -2.60. The number of hydrogen-bond donors (Lipinski definition) is 4.